The van der Waals surface area contributed by atoms with E-state index in [0.717, 1.165) is 18.6 Å². The average Bonchev–Trinajstić information content (AvgIpc) is 2.60. The standard InChI is InChI=1S/C18H32N4O3S/c1-15(2)10-12-25-13-11-20-18(19-3)21-14-16-6-8-17(9-7-16)26(23,24)22(4)5/h6-9,15H,10-14H2,1-5H3,(H2,19,20,21). The molecule has 0 saturated carbocycles. The van der Waals surface area contributed by atoms with Crippen LogP contribution in [0.1, 0.15) is 25.8 Å². The summed E-state index contributed by atoms with van der Waals surface area (Å²) in [7, 11) is 1.36. The molecule has 0 saturated heterocycles. The van der Waals surface area contributed by atoms with Gasteiger partial charge in [0.1, 0.15) is 0 Å². The zero-order valence-corrected chi connectivity index (χ0v) is 17.3. The monoisotopic (exact) mass is 384 g/mol. The van der Waals surface area contributed by atoms with Gasteiger partial charge in [0.15, 0.2) is 5.96 Å². The molecule has 0 aromatic heterocycles. The molecule has 1 aromatic carbocycles. The first kappa shape index (κ1) is 22.4. The Morgan fingerprint density at radius 3 is 2.35 bits per heavy atom. The lowest BCUT2D eigenvalue weighted by Crippen LogP contribution is -2.38. The van der Waals surface area contributed by atoms with Gasteiger partial charge in [-0.25, -0.2) is 12.7 Å². The van der Waals surface area contributed by atoms with Crippen LogP contribution in [0.25, 0.3) is 0 Å². The molecule has 0 aliphatic rings. The van der Waals surface area contributed by atoms with Gasteiger partial charge in [-0.3, -0.25) is 4.99 Å². The maximum atomic E-state index is 12.1. The van der Waals surface area contributed by atoms with Crippen LogP contribution in [-0.2, 0) is 21.3 Å². The Labute approximate surface area is 157 Å². The number of ether oxygens (including phenoxy) is 1. The van der Waals surface area contributed by atoms with Crippen molar-refractivity contribution in [1.82, 2.24) is 14.9 Å². The van der Waals surface area contributed by atoms with E-state index in [2.05, 4.69) is 29.5 Å². The lowest BCUT2D eigenvalue weighted by atomic mass is 10.1. The maximum Gasteiger partial charge on any atom is 0.242 e. The summed E-state index contributed by atoms with van der Waals surface area (Å²) in [5.74, 6) is 1.33. The lowest BCUT2D eigenvalue weighted by molar-refractivity contribution is 0.128. The molecule has 0 spiro atoms. The molecule has 0 atom stereocenters. The van der Waals surface area contributed by atoms with Crippen molar-refractivity contribution in [3.63, 3.8) is 0 Å². The highest BCUT2D eigenvalue weighted by molar-refractivity contribution is 7.89. The van der Waals surface area contributed by atoms with Gasteiger partial charge in [-0.05, 0) is 30.0 Å². The smallest absolute Gasteiger partial charge is 0.242 e. The second-order valence-corrected chi connectivity index (χ2v) is 8.73. The van der Waals surface area contributed by atoms with Crippen LogP contribution in [0.15, 0.2) is 34.2 Å². The molecule has 0 amide bonds. The Kier molecular flexibility index (Phi) is 9.61. The fraction of sp³-hybridized carbons (Fsp3) is 0.611. The van der Waals surface area contributed by atoms with Crippen molar-refractivity contribution in [3.05, 3.63) is 29.8 Å². The molecule has 2 N–H and O–H groups in total. The number of rotatable bonds is 10. The third kappa shape index (κ3) is 7.72. The van der Waals surface area contributed by atoms with Gasteiger partial charge in [-0.15, -0.1) is 0 Å². The van der Waals surface area contributed by atoms with Crippen LogP contribution in [0, 0.1) is 5.92 Å². The van der Waals surface area contributed by atoms with E-state index in [1.54, 1.807) is 31.3 Å². The van der Waals surface area contributed by atoms with E-state index in [4.69, 9.17) is 4.74 Å². The van der Waals surface area contributed by atoms with Gasteiger partial charge in [-0.2, -0.15) is 0 Å². The van der Waals surface area contributed by atoms with Crippen molar-refractivity contribution in [2.45, 2.75) is 31.7 Å². The highest BCUT2D eigenvalue weighted by Crippen LogP contribution is 2.13. The Bertz CT molecular complexity index is 656. The zero-order valence-electron chi connectivity index (χ0n) is 16.4. The van der Waals surface area contributed by atoms with Crippen LogP contribution in [0.4, 0.5) is 0 Å². The summed E-state index contributed by atoms with van der Waals surface area (Å²) in [5.41, 5.74) is 0.971. The van der Waals surface area contributed by atoms with E-state index < -0.39 is 10.0 Å². The molecule has 0 unspecified atom stereocenters. The van der Waals surface area contributed by atoms with Crippen molar-refractivity contribution < 1.29 is 13.2 Å². The molecule has 7 nitrogen and oxygen atoms in total. The van der Waals surface area contributed by atoms with Gasteiger partial charge < -0.3 is 15.4 Å². The first-order valence-corrected chi connectivity index (χ1v) is 10.2. The minimum atomic E-state index is -3.39. The molecule has 0 radical (unpaired) electrons. The highest BCUT2D eigenvalue weighted by atomic mass is 32.2. The van der Waals surface area contributed by atoms with Crippen molar-refractivity contribution in [2.75, 3.05) is 40.9 Å². The van der Waals surface area contributed by atoms with Crippen LogP contribution in [0.2, 0.25) is 0 Å². The second-order valence-electron chi connectivity index (χ2n) is 6.58. The maximum absolute atomic E-state index is 12.1. The lowest BCUT2D eigenvalue weighted by Gasteiger charge is -2.14. The Hall–Kier alpha value is -1.64. The average molecular weight is 385 g/mol. The van der Waals surface area contributed by atoms with Gasteiger partial charge >= 0.3 is 0 Å². The first-order valence-electron chi connectivity index (χ1n) is 8.81. The SMILES string of the molecule is CN=C(NCCOCCC(C)C)NCc1ccc(S(=O)(=O)N(C)C)cc1. The van der Waals surface area contributed by atoms with Crippen LogP contribution in [-0.4, -0.2) is 59.6 Å². The first-order chi connectivity index (χ1) is 12.3. The van der Waals surface area contributed by atoms with E-state index in [9.17, 15) is 8.42 Å². The summed E-state index contributed by atoms with van der Waals surface area (Å²) in [6.45, 7) is 6.98. The molecule has 8 heteroatoms. The Morgan fingerprint density at radius 1 is 1.15 bits per heavy atom. The molecule has 1 rings (SSSR count). The quantitative estimate of drug-likeness (QED) is 0.364. The van der Waals surface area contributed by atoms with Crippen LogP contribution < -0.4 is 10.6 Å². The van der Waals surface area contributed by atoms with Gasteiger partial charge in [0.2, 0.25) is 10.0 Å². The summed E-state index contributed by atoms with van der Waals surface area (Å²) in [6, 6.07) is 6.83. The van der Waals surface area contributed by atoms with Crippen LogP contribution >= 0.6 is 0 Å². The molecule has 148 valence electrons. The number of guanidine groups is 1. The van der Waals surface area contributed by atoms with Crippen molar-refractivity contribution in [2.24, 2.45) is 10.9 Å². The zero-order chi connectivity index (χ0) is 19.6. The third-order valence-corrected chi connectivity index (χ3v) is 5.59. The molecule has 0 heterocycles. The van der Waals surface area contributed by atoms with E-state index in [1.807, 2.05) is 0 Å². The van der Waals surface area contributed by atoms with E-state index in [1.165, 1.54) is 18.4 Å². The third-order valence-electron chi connectivity index (χ3n) is 3.76. The van der Waals surface area contributed by atoms with E-state index in [0.29, 0.717) is 31.6 Å². The molecule has 1 aromatic rings. The minimum Gasteiger partial charge on any atom is -0.380 e. The number of aliphatic imine (C=N–C) groups is 1. The largest absolute Gasteiger partial charge is 0.380 e. The fourth-order valence-electron chi connectivity index (χ4n) is 2.06. The molecular weight excluding hydrogens is 352 g/mol. The fourth-order valence-corrected chi connectivity index (χ4v) is 2.96. The van der Waals surface area contributed by atoms with Gasteiger partial charge in [0, 0.05) is 40.8 Å². The van der Waals surface area contributed by atoms with E-state index in [-0.39, 0.29) is 4.90 Å². The molecular formula is C18H32N4O3S. The van der Waals surface area contributed by atoms with Crippen molar-refractivity contribution in [1.29, 1.82) is 0 Å². The number of sulfonamides is 1. The molecule has 0 fully saturated rings. The second kappa shape index (κ2) is 11.2. The minimum absolute atomic E-state index is 0.285. The Balaban J connectivity index is 2.40. The molecule has 0 bridgehead atoms. The van der Waals surface area contributed by atoms with Gasteiger partial charge in [-0.1, -0.05) is 26.0 Å². The normalized spacial score (nSPS) is 12.7. The predicted molar refractivity (Wildman–Crippen MR) is 106 cm³/mol. The van der Waals surface area contributed by atoms with Gasteiger partial charge in [0.05, 0.1) is 11.5 Å². The van der Waals surface area contributed by atoms with Crippen LogP contribution in [0.3, 0.4) is 0 Å². The number of benzene rings is 1. The number of nitrogens with one attached hydrogen (secondary N) is 2. The van der Waals surface area contributed by atoms with Crippen molar-refractivity contribution in [3.8, 4) is 0 Å². The number of hydrogen-bond acceptors (Lipinski definition) is 4. The van der Waals surface area contributed by atoms with Crippen molar-refractivity contribution >= 4 is 16.0 Å². The topological polar surface area (TPSA) is 83.0 Å². The highest BCUT2D eigenvalue weighted by Gasteiger charge is 2.16. The number of hydrogen-bond donors (Lipinski definition) is 2. The molecule has 0 aliphatic carbocycles. The molecule has 26 heavy (non-hydrogen) atoms. The van der Waals surface area contributed by atoms with E-state index >= 15 is 0 Å². The summed E-state index contributed by atoms with van der Waals surface area (Å²) < 4.78 is 30.9. The predicted octanol–water partition coefficient (Wildman–Crippen LogP) is 1.66. The summed E-state index contributed by atoms with van der Waals surface area (Å²) in [6.07, 6.45) is 1.06. The Morgan fingerprint density at radius 2 is 1.81 bits per heavy atom. The summed E-state index contributed by atoms with van der Waals surface area (Å²) in [4.78, 5) is 4.45. The summed E-state index contributed by atoms with van der Waals surface area (Å²) in [5, 5.41) is 6.39. The summed E-state index contributed by atoms with van der Waals surface area (Å²) >= 11 is 0. The van der Waals surface area contributed by atoms with Crippen LogP contribution in [0.5, 0.6) is 0 Å². The number of nitrogens with zero attached hydrogens (tertiary/aromatic N) is 2. The van der Waals surface area contributed by atoms with Gasteiger partial charge in [0.25, 0.3) is 0 Å². The molecule has 0 aliphatic heterocycles.